The fourth-order valence-electron chi connectivity index (χ4n) is 1.61. The Hall–Kier alpha value is -2.10. The number of hydrazone groups is 1. The van der Waals surface area contributed by atoms with Gasteiger partial charge in [0.1, 0.15) is 5.75 Å². The predicted octanol–water partition coefficient (Wildman–Crippen LogP) is 3.66. The molecule has 0 unspecified atom stereocenters. The van der Waals surface area contributed by atoms with E-state index in [1.165, 1.54) is 12.3 Å². The summed E-state index contributed by atoms with van der Waals surface area (Å²) in [6, 6.07) is 9.78. The maximum Gasteiger partial charge on any atom is 0.271 e. The molecule has 0 aliphatic carbocycles. The van der Waals surface area contributed by atoms with E-state index in [0.29, 0.717) is 16.7 Å². The molecule has 2 aromatic carbocycles. The van der Waals surface area contributed by atoms with Crippen LogP contribution in [0.3, 0.4) is 0 Å². The molecule has 0 aliphatic heterocycles. The highest BCUT2D eigenvalue weighted by Crippen LogP contribution is 2.23. The van der Waals surface area contributed by atoms with E-state index >= 15 is 0 Å². The molecule has 0 aromatic heterocycles. The molecule has 2 aromatic rings. The van der Waals surface area contributed by atoms with Gasteiger partial charge < -0.3 is 5.11 Å². The minimum atomic E-state index is -0.364. The SMILES string of the molecule is C#Cc1ccc(O)c(C=NNC(=O)c2ccc(Br)c(Br)c2)c1. The van der Waals surface area contributed by atoms with Gasteiger partial charge in [0, 0.05) is 25.6 Å². The van der Waals surface area contributed by atoms with E-state index in [0.717, 1.165) is 8.95 Å². The highest BCUT2D eigenvalue weighted by molar-refractivity contribution is 9.13. The van der Waals surface area contributed by atoms with Gasteiger partial charge >= 0.3 is 0 Å². The molecule has 0 radical (unpaired) electrons. The lowest BCUT2D eigenvalue weighted by Crippen LogP contribution is -2.17. The van der Waals surface area contributed by atoms with E-state index in [9.17, 15) is 9.90 Å². The lowest BCUT2D eigenvalue weighted by molar-refractivity contribution is 0.0955. The van der Waals surface area contributed by atoms with Crippen LogP contribution in [0.15, 0.2) is 50.4 Å². The summed E-state index contributed by atoms with van der Waals surface area (Å²) < 4.78 is 1.62. The molecule has 0 saturated heterocycles. The largest absolute Gasteiger partial charge is 0.507 e. The first-order valence-corrected chi connectivity index (χ1v) is 7.68. The third kappa shape index (κ3) is 3.97. The Bertz CT molecular complexity index is 795. The van der Waals surface area contributed by atoms with Gasteiger partial charge in [-0.25, -0.2) is 5.43 Å². The second-order valence-electron chi connectivity index (χ2n) is 4.25. The number of amides is 1. The number of carbonyl (C=O) groups excluding carboxylic acids is 1. The third-order valence-corrected chi connectivity index (χ3v) is 4.63. The molecule has 22 heavy (non-hydrogen) atoms. The van der Waals surface area contributed by atoms with Gasteiger partial charge in [-0.2, -0.15) is 5.10 Å². The normalized spacial score (nSPS) is 10.4. The van der Waals surface area contributed by atoms with Crippen molar-refractivity contribution in [2.24, 2.45) is 5.10 Å². The van der Waals surface area contributed by atoms with Gasteiger partial charge in [0.25, 0.3) is 5.91 Å². The van der Waals surface area contributed by atoms with Gasteiger partial charge in [-0.1, -0.05) is 5.92 Å². The summed E-state index contributed by atoms with van der Waals surface area (Å²) in [6.07, 6.45) is 6.63. The van der Waals surface area contributed by atoms with Crippen LogP contribution >= 0.6 is 31.9 Å². The zero-order valence-corrected chi connectivity index (χ0v) is 14.3. The number of hydrogen-bond acceptors (Lipinski definition) is 3. The Balaban J connectivity index is 2.10. The van der Waals surface area contributed by atoms with Crippen molar-refractivity contribution in [3.8, 4) is 18.1 Å². The number of hydrogen-bond donors (Lipinski definition) is 2. The van der Waals surface area contributed by atoms with Crippen molar-refractivity contribution in [2.45, 2.75) is 0 Å². The first-order chi connectivity index (χ1) is 10.5. The van der Waals surface area contributed by atoms with Gasteiger partial charge in [-0.3, -0.25) is 4.79 Å². The molecule has 0 saturated carbocycles. The van der Waals surface area contributed by atoms with E-state index in [2.05, 4.69) is 48.3 Å². The fourth-order valence-corrected chi connectivity index (χ4v) is 2.24. The average molecular weight is 422 g/mol. The number of rotatable bonds is 3. The Kier molecular flexibility index (Phi) is 5.36. The maximum absolute atomic E-state index is 12.0. The second-order valence-corrected chi connectivity index (χ2v) is 5.95. The van der Waals surface area contributed by atoms with Gasteiger partial charge in [-0.15, -0.1) is 6.42 Å². The molecule has 2 N–H and O–H groups in total. The molecule has 0 spiro atoms. The second kappa shape index (κ2) is 7.25. The van der Waals surface area contributed by atoms with Gasteiger partial charge in [0.2, 0.25) is 0 Å². The summed E-state index contributed by atoms with van der Waals surface area (Å²) in [5.74, 6) is 2.13. The summed E-state index contributed by atoms with van der Waals surface area (Å²) >= 11 is 6.66. The van der Waals surface area contributed by atoms with E-state index in [-0.39, 0.29) is 11.7 Å². The van der Waals surface area contributed by atoms with Crippen molar-refractivity contribution < 1.29 is 9.90 Å². The van der Waals surface area contributed by atoms with Crippen molar-refractivity contribution in [1.29, 1.82) is 0 Å². The highest BCUT2D eigenvalue weighted by atomic mass is 79.9. The summed E-state index contributed by atoms with van der Waals surface area (Å²) in [7, 11) is 0. The molecule has 0 aliphatic rings. The van der Waals surface area contributed by atoms with Crippen LogP contribution in [0.4, 0.5) is 0 Å². The topological polar surface area (TPSA) is 61.7 Å². The molecular formula is C16H10Br2N2O2. The standard InChI is InChI=1S/C16H10Br2N2O2/c1-2-10-3-6-15(21)12(7-10)9-19-20-16(22)11-4-5-13(17)14(18)8-11/h1,3-9,21H,(H,20,22). The zero-order valence-electron chi connectivity index (χ0n) is 11.2. The molecule has 2 rings (SSSR count). The minimum Gasteiger partial charge on any atom is -0.507 e. The molecule has 4 nitrogen and oxygen atoms in total. The molecule has 0 heterocycles. The number of terminal acetylenes is 1. The molecule has 0 atom stereocenters. The molecule has 0 bridgehead atoms. The first kappa shape index (κ1) is 16.3. The van der Waals surface area contributed by atoms with E-state index < -0.39 is 0 Å². The molecule has 6 heteroatoms. The van der Waals surface area contributed by atoms with Crippen LogP contribution in [0.25, 0.3) is 0 Å². The zero-order chi connectivity index (χ0) is 16.1. The fraction of sp³-hybridized carbons (Fsp3) is 0. The Morgan fingerprint density at radius 2 is 2.00 bits per heavy atom. The van der Waals surface area contributed by atoms with E-state index in [4.69, 9.17) is 6.42 Å². The summed E-state index contributed by atoms with van der Waals surface area (Å²) in [4.78, 5) is 12.0. The Labute approximate surface area is 144 Å². The number of nitrogens with zero attached hydrogens (tertiary/aromatic N) is 1. The number of phenolic OH excluding ortho intramolecular Hbond substituents is 1. The van der Waals surface area contributed by atoms with Crippen molar-refractivity contribution in [3.63, 3.8) is 0 Å². The number of nitrogens with one attached hydrogen (secondary N) is 1. The van der Waals surface area contributed by atoms with Gasteiger partial charge in [0.15, 0.2) is 0 Å². The van der Waals surface area contributed by atoms with Gasteiger partial charge in [0.05, 0.1) is 6.21 Å². The number of benzene rings is 2. The van der Waals surface area contributed by atoms with Crippen LogP contribution in [-0.2, 0) is 0 Å². The highest BCUT2D eigenvalue weighted by Gasteiger charge is 2.06. The van der Waals surface area contributed by atoms with Crippen molar-refractivity contribution in [3.05, 3.63) is 62.0 Å². The van der Waals surface area contributed by atoms with E-state index in [1.807, 2.05) is 0 Å². The third-order valence-electron chi connectivity index (χ3n) is 2.75. The first-order valence-electron chi connectivity index (χ1n) is 6.09. The summed E-state index contributed by atoms with van der Waals surface area (Å²) in [5.41, 5.74) is 3.88. The number of halogens is 2. The van der Waals surface area contributed by atoms with Crippen LogP contribution in [-0.4, -0.2) is 17.2 Å². The number of carbonyl (C=O) groups is 1. The lowest BCUT2D eigenvalue weighted by Gasteiger charge is -2.03. The molecular weight excluding hydrogens is 412 g/mol. The smallest absolute Gasteiger partial charge is 0.271 e. The average Bonchev–Trinajstić information content (AvgIpc) is 2.51. The Morgan fingerprint density at radius 3 is 2.68 bits per heavy atom. The number of aromatic hydroxyl groups is 1. The van der Waals surface area contributed by atoms with Crippen LogP contribution in [0.1, 0.15) is 21.5 Å². The summed E-state index contributed by atoms with van der Waals surface area (Å²) in [6.45, 7) is 0. The quantitative estimate of drug-likeness (QED) is 0.451. The lowest BCUT2D eigenvalue weighted by atomic mass is 10.1. The summed E-state index contributed by atoms with van der Waals surface area (Å²) in [5, 5.41) is 13.5. The Morgan fingerprint density at radius 1 is 1.23 bits per heavy atom. The van der Waals surface area contributed by atoms with Crippen LogP contribution in [0, 0.1) is 12.3 Å². The van der Waals surface area contributed by atoms with E-state index in [1.54, 1.807) is 30.3 Å². The van der Waals surface area contributed by atoms with Crippen molar-refractivity contribution >= 4 is 44.0 Å². The van der Waals surface area contributed by atoms with Crippen molar-refractivity contribution in [2.75, 3.05) is 0 Å². The molecule has 1 amide bonds. The van der Waals surface area contributed by atoms with Gasteiger partial charge in [-0.05, 0) is 68.3 Å². The van der Waals surface area contributed by atoms with Crippen molar-refractivity contribution in [1.82, 2.24) is 5.43 Å². The predicted molar refractivity (Wildman–Crippen MR) is 92.9 cm³/mol. The van der Waals surface area contributed by atoms with Crippen LogP contribution in [0.5, 0.6) is 5.75 Å². The maximum atomic E-state index is 12.0. The number of phenols is 1. The molecule has 0 fully saturated rings. The monoisotopic (exact) mass is 420 g/mol. The van der Waals surface area contributed by atoms with Crippen LogP contribution < -0.4 is 5.43 Å². The molecule has 110 valence electrons. The minimum absolute atomic E-state index is 0.0309. The van der Waals surface area contributed by atoms with Crippen LogP contribution in [0.2, 0.25) is 0 Å².